The normalized spacial score (nSPS) is 11.9. The summed E-state index contributed by atoms with van der Waals surface area (Å²) in [5, 5.41) is 2.06. The van der Waals surface area contributed by atoms with Crippen LogP contribution in [0.4, 0.5) is 17.1 Å². The van der Waals surface area contributed by atoms with Crippen LogP contribution in [0.1, 0.15) is 0 Å². The number of aromatic nitrogens is 3. The first kappa shape index (κ1) is 27.7. The van der Waals surface area contributed by atoms with E-state index in [1.807, 2.05) is 78.9 Å². The van der Waals surface area contributed by atoms with Crippen molar-refractivity contribution in [2.45, 2.75) is 0 Å². The van der Waals surface area contributed by atoms with Crippen molar-refractivity contribution in [1.82, 2.24) is 15.0 Å². The summed E-state index contributed by atoms with van der Waals surface area (Å²) >= 11 is 0. The molecule has 1 aliphatic heterocycles. The number of para-hydroxylation sites is 4. The van der Waals surface area contributed by atoms with Crippen molar-refractivity contribution in [1.29, 1.82) is 0 Å². The predicted molar refractivity (Wildman–Crippen MR) is 194 cm³/mol. The summed E-state index contributed by atoms with van der Waals surface area (Å²) in [6.07, 6.45) is 0. The van der Waals surface area contributed by atoms with Crippen molar-refractivity contribution in [2.75, 3.05) is 4.90 Å². The highest BCUT2D eigenvalue weighted by molar-refractivity contribution is 6.06. The molecule has 7 aromatic carbocycles. The minimum atomic E-state index is 0.578. The zero-order chi connectivity index (χ0) is 31.9. The van der Waals surface area contributed by atoms with Crippen LogP contribution in [0.3, 0.4) is 0 Å². The molecule has 0 spiro atoms. The van der Waals surface area contributed by atoms with Crippen molar-refractivity contribution in [2.24, 2.45) is 0 Å². The topological polar surface area (TPSA) is 51.1 Å². The van der Waals surface area contributed by atoms with Gasteiger partial charge in [-0.1, -0.05) is 127 Å². The summed E-state index contributed by atoms with van der Waals surface area (Å²) in [4.78, 5) is 17.2. The van der Waals surface area contributed by atoms with Gasteiger partial charge < -0.3 is 9.64 Å². The number of ether oxygens (including phenoxy) is 1. The van der Waals surface area contributed by atoms with E-state index in [0.29, 0.717) is 17.5 Å². The molecular formula is C43H28N4O. The van der Waals surface area contributed by atoms with Crippen LogP contribution in [0.25, 0.3) is 56.1 Å². The van der Waals surface area contributed by atoms with Crippen molar-refractivity contribution < 1.29 is 4.74 Å². The summed E-state index contributed by atoms with van der Waals surface area (Å²) in [5.74, 6) is 3.29. The summed E-state index contributed by atoms with van der Waals surface area (Å²) in [6, 6.07) is 58.0. The van der Waals surface area contributed by atoms with Gasteiger partial charge in [-0.2, -0.15) is 0 Å². The molecule has 1 aromatic heterocycles. The Labute approximate surface area is 278 Å². The van der Waals surface area contributed by atoms with Crippen molar-refractivity contribution >= 4 is 27.8 Å². The number of hydrogen-bond donors (Lipinski definition) is 0. The minimum Gasteiger partial charge on any atom is -0.454 e. The number of benzene rings is 7. The van der Waals surface area contributed by atoms with Crippen molar-refractivity contribution in [3.63, 3.8) is 0 Å². The number of anilines is 3. The highest BCUT2D eigenvalue weighted by Crippen LogP contribution is 2.50. The Kier molecular flexibility index (Phi) is 6.72. The minimum absolute atomic E-state index is 0.578. The van der Waals surface area contributed by atoms with Gasteiger partial charge in [-0.3, -0.25) is 0 Å². The molecular weight excluding hydrogens is 589 g/mol. The van der Waals surface area contributed by atoms with Crippen LogP contribution in [0.5, 0.6) is 11.5 Å². The van der Waals surface area contributed by atoms with Crippen LogP contribution in [-0.2, 0) is 0 Å². The molecule has 0 saturated heterocycles. The Morgan fingerprint density at radius 2 is 0.938 bits per heavy atom. The first-order valence-corrected chi connectivity index (χ1v) is 16.0. The van der Waals surface area contributed by atoms with E-state index in [9.17, 15) is 0 Å². The number of rotatable bonds is 4. The first-order valence-electron chi connectivity index (χ1n) is 16.0. The van der Waals surface area contributed by atoms with E-state index >= 15 is 0 Å². The largest absolute Gasteiger partial charge is 0.454 e. The molecule has 5 nitrogen and oxygen atoms in total. The summed E-state index contributed by atoms with van der Waals surface area (Å²) in [6.45, 7) is 0. The maximum Gasteiger partial charge on any atom is 0.164 e. The van der Waals surface area contributed by atoms with Crippen molar-refractivity contribution in [3.05, 3.63) is 170 Å². The summed E-state index contributed by atoms with van der Waals surface area (Å²) < 4.78 is 7.00. The second-order valence-corrected chi connectivity index (χ2v) is 11.7. The van der Waals surface area contributed by atoms with E-state index in [1.165, 1.54) is 0 Å². The molecule has 0 aliphatic carbocycles. The van der Waals surface area contributed by atoms with Gasteiger partial charge in [-0.15, -0.1) is 0 Å². The third-order valence-electron chi connectivity index (χ3n) is 8.67. The Balaban J connectivity index is 1.31. The SMILES string of the molecule is c1ccc(-c2nc(-c3ccccc3)nc(-c3cc4c5c(cccc5c3)-c3ccccc3N(c3ccccc3)c3ccccc3O4)n2)cc1. The maximum atomic E-state index is 7.00. The number of fused-ring (bicyclic) bond motifs is 3. The van der Waals surface area contributed by atoms with Gasteiger partial charge >= 0.3 is 0 Å². The molecule has 5 heteroatoms. The van der Waals surface area contributed by atoms with Crippen LogP contribution in [0.2, 0.25) is 0 Å². The average molecular weight is 617 g/mol. The second-order valence-electron chi connectivity index (χ2n) is 11.7. The fourth-order valence-electron chi connectivity index (χ4n) is 6.49. The Morgan fingerprint density at radius 3 is 1.62 bits per heavy atom. The lowest BCUT2D eigenvalue weighted by Gasteiger charge is -2.28. The quantitative estimate of drug-likeness (QED) is 0.197. The predicted octanol–water partition coefficient (Wildman–Crippen LogP) is 11.3. The van der Waals surface area contributed by atoms with E-state index in [4.69, 9.17) is 19.7 Å². The van der Waals surface area contributed by atoms with Crippen LogP contribution in [-0.4, -0.2) is 15.0 Å². The molecule has 2 heterocycles. The molecule has 0 unspecified atom stereocenters. The van der Waals surface area contributed by atoms with Gasteiger partial charge in [-0.05, 0) is 53.4 Å². The van der Waals surface area contributed by atoms with E-state index in [2.05, 4.69) is 95.9 Å². The lowest BCUT2D eigenvalue weighted by Crippen LogP contribution is -2.11. The van der Waals surface area contributed by atoms with Gasteiger partial charge in [-0.25, -0.2) is 15.0 Å². The zero-order valence-corrected chi connectivity index (χ0v) is 25.9. The van der Waals surface area contributed by atoms with Crippen LogP contribution in [0, 0.1) is 0 Å². The highest BCUT2D eigenvalue weighted by Gasteiger charge is 2.25. The summed E-state index contributed by atoms with van der Waals surface area (Å²) in [5.41, 5.74) is 7.96. The van der Waals surface area contributed by atoms with Crippen molar-refractivity contribution in [3.8, 4) is 56.8 Å². The maximum absolute atomic E-state index is 7.00. The lowest BCUT2D eigenvalue weighted by atomic mass is 9.94. The molecule has 0 fully saturated rings. The number of hydrogen-bond acceptors (Lipinski definition) is 5. The van der Waals surface area contributed by atoms with Gasteiger partial charge in [0, 0.05) is 33.3 Å². The third-order valence-corrected chi connectivity index (χ3v) is 8.67. The van der Waals surface area contributed by atoms with Gasteiger partial charge in [0.25, 0.3) is 0 Å². The molecule has 0 atom stereocenters. The fourth-order valence-corrected chi connectivity index (χ4v) is 6.49. The Morgan fingerprint density at radius 1 is 0.396 bits per heavy atom. The molecule has 226 valence electrons. The zero-order valence-electron chi connectivity index (χ0n) is 25.9. The Hall–Kier alpha value is -6.59. The summed E-state index contributed by atoms with van der Waals surface area (Å²) in [7, 11) is 0. The molecule has 0 amide bonds. The van der Waals surface area contributed by atoms with Crippen LogP contribution < -0.4 is 9.64 Å². The van der Waals surface area contributed by atoms with Crippen LogP contribution >= 0.6 is 0 Å². The molecule has 0 radical (unpaired) electrons. The van der Waals surface area contributed by atoms with Gasteiger partial charge in [0.15, 0.2) is 23.2 Å². The second kappa shape index (κ2) is 11.6. The molecule has 1 aliphatic rings. The smallest absolute Gasteiger partial charge is 0.164 e. The highest BCUT2D eigenvalue weighted by atomic mass is 16.5. The molecule has 9 rings (SSSR count). The monoisotopic (exact) mass is 616 g/mol. The lowest BCUT2D eigenvalue weighted by molar-refractivity contribution is 0.490. The van der Waals surface area contributed by atoms with Crippen LogP contribution in [0.15, 0.2) is 170 Å². The third kappa shape index (κ3) is 4.86. The Bertz CT molecular complexity index is 2370. The standard InChI is InChI=1S/C43H28N4O/c1-4-15-29(16-5-1)41-44-42(30-17-6-2-7-18-30)46-43(45-41)32-27-31-19-14-23-35-34-22-10-11-24-36(34)47(33-20-8-3-9-21-33)37-25-12-13-26-38(37)48-39(28-32)40(31)35/h1-28H. The molecule has 0 bridgehead atoms. The number of nitrogens with zero attached hydrogens (tertiary/aromatic N) is 4. The molecule has 48 heavy (non-hydrogen) atoms. The van der Waals surface area contributed by atoms with Gasteiger partial charge in [0.1, 0.15) is 5.75 Å². The van der Waals surface area contributed by atoms with E-state index in [0.717, 1.165) is 67.2 Å². The first-order chi connectivity index (χ1) is 23.8. The van der Waals surface area contributed by atoms with E-state index in [-0.39, 0.29) is 0 Å². The van der Waals surface area contributed by atoms with Gasteiger partial charge in [0.05, 0.1) is 11.4 Å². The van der Waals surface area contributed by atoms with E-state index < -0.39 is 0 Å². The molecule has 0 N–H and O–H groups in total. The fraction of sp³-hybridized carbons (Fsp3) is 0. The van der Waals surface area contributed by atoms with Gasteiger partial charge in [0.2, 0.25) is 0 Å². The molecule has 0 saturated carbocycles. The molecule has 8 aromatic rings. The average Bonchev–Trinajstić information content (AvgIpc) is 3.21. The van der Waals surface area contributed by atoms with E-state index in [1.54, 1.807) is 0 Å².